The second-order valence-electron chi connectivity index (χ2n) is 10.4. The molecule has 2 N–H and O–H groups in total. The Morgan fingerprint density at radius 3 is 2.37 bits per heavy atom. The first-order valence-corrected chi connectivity index (χ1v) is 12.5. The third-order valence-electron chi connectivity index (χ3n) is 7.35. The number of methoxy groups -OCH3 is 1. The van der Waals surface area contributed by atoms with E-state index in [1.807, 2.05) is 32.0 Å². The number of hydrogen-bond acceptors (Lipinski definition) is 7. The highest BCUT2D eigenvalue weighted by Crippen LogP contribution is 2.30. The standard InChI is InChI=1S/C28H40N2O5/c1-21-15-22(2)23(3)26(16-21)35-20-28(32)18-29(13-14-34-19-28)17-27(31)9-11-30(12-10-27)24-5-7-25(33-4)8-6-24/h5-8,15-16,31-32H,9-14,17-20H2,1-4H3. The summed E-state index contributed by atoms with van der Waals surface area (Å²) in [6, 6.07) is 12.2. The number of aryl methyl sites for hydroxylation is 2. The van der Waals surface area contributed by atoms with E-state index in [0.717, 1.165) is 41.4 Å². The molecule has 0 amide bonds. The number of benzene rings is 2. The minimum absolute atomic E-state index is 0.150. The predicted octanol–water partition coefficient (Wildman–Crippen LogP) is 3.09. The molecule has 2 aromatic carbocycles. The molecule has 35 heavy (non-hydrogen) atoms. The van der Waals surface area contributed by atoms with Gasteiger partial charge >= 0.3 is 0 Å². The highest BCUT2D eigenvalue weighted by atomic mass is 16.5. The van der Waals surface area contributed by atoms with Crippen LogP contribution in [-0.4, -0.2) is 86.0 Å². The molecule has 0 radical (unpaired) electrons. The molecule has 1 unspecified atom stereocenters. The monoisotopic (exact) mass is 484 g/mol. The van der Waals surface area contributed by atoms with Crippen molar-refractivity contribution in [3.8, 4) is 11.5 Å². The van der Waals surface area contributed by atoms with Crippen LogP contribution in [0, 0.1) is 20.8 Å². The van der Waals surface area contributed by atoms with Gasteiger partial charge in [0.25, 0.3) is 0 Å². The second-order valence-corrected chi connectivity index (χ2v) is 10.4. The summed E-state index contributed by atoms with van der Waals surface area (Å²) in [7, 11) is 1.67. The lowest BCUT2D eigenvalue weighted by molar-refractivity contribution is -0.0743. The summed E-state index contributed by atoms with van der Waals surface area (Å²) in [4.78, 5) is 4.43. The zero-order valence-corrected chi connectivity index (χ0v) is 21.5. The molecule has 7 heteroatoms. The smallest absolute Gasteiger partial charge is 0.134 e. The first-order valence-electron chi connectivity index (χ1n) is 12.5. The number of rotatable bonds is 7. The highest BCUT2D eigenvalue weighted by Gasteiger charge is 2.39. The molecule has 192 valence electrons. The van der Waals surface area contributed by atoms with Gasteiger partial charge in [0.2, 0.25) is 0 Å². The van der Waals surface area contributed by atoms with Crippen LogP contribution in [0.5, 0.6) is 11.5 Å². The molecule has 2 fully saturated rings. The first kappa shape index (κ1) is 25.8. The molecule has 0 aromatic heterocycles. The second kappa shape index (κ2) is 10.7. The average molecular weight is 485 g/mol. The lowest BCUT2D eigenvalue weighted by atomic mass is 9.90. The average Bonchev–Trinajstić information content (AvgIpc) is 3.02. The topological polar surface area (TPSA) is 74.6 Å². The lowest BCUT2D eigenvalue weighted by Gasteiger charge is -2.42. The fourth-order valence-corrected chi connectivity index (χ4v) is 5.13. The maximum Gasteiger partial charge on any atom is 0.134 e. The summed E-state index contributed by atoms with van der Waals surface area (Å²) >= 11 is 0. The molecule has 0 saturated carbocycles. The number of aliphatic hydroxyl groups is 2. The first-order chi connectivity index (χ1) is 16.7. The van der Waals surface area contributed by atoms with Crippen LogP contribution in [-0.2, 0) is 4.74 Å². The van der Waals surface area contributed by atoms with Gasteiger partial charge in [-0.3, -0.25) is 4.90 Å². The molecule has 2 aliphatic rings. The molecule has 4 rings (SSSR count). The zero-order valence-electron chi connectivity index (χ0n) is 21.5. The fourth-order valence-electron chi connectivity index (χ4n) is 5.13. The van der Waals surface area contributed by atoms with E-state index in [1.165, 1.54) is 5.56 Å². The molecule has 2 aromatic rings. The quantitative estimate of drug-likeness (QED) is 0.626. The van der Waals surface area contributed by atoms with E-state index in [-0.39, 0.29) is 13.2 Å². The summed E-state index contributed by atoms with van der Waals surface area (Å²) < 4.78 is 17.1. The van der Waals surface area contributed by atoms with Crippen LogP contribution in [0.2, 0.25) is 0 Å². The van der Waals surface area contributed by atoms with Crippen LogP contribution in [0.3, 0.4) is 0 Å². The zero-order chi connectivity index (χ0) is 25.1. The molecule has 2 aliphatic heterocycles. The largest absolute Gasteiger partial charge is 0.497 e. The normalized spacial score (nSPS) is 23.1. The van der Waals surface area contributed by atoms with Crippen molar-refractivity contribution >= 4 is 5.69 Å². The van der Waals surface area contributed by atoms with Crippen LogP contribution in [0.4, 0.5) is 5.69 Å². The van der Waals surface area contributed by atoms with Gasteiger partial charge < -0.3 is 29.3 Å². The van der Waals surface area contributed by atoms with Crippen LogP contribution < -0.4 is 14.4 Å². The molecule has 7 nitrogen and oxygen atoms in total. The van der Waals surface area contributed by atoms with Crippen molar-refractivity contribution < 1.29 is 24.4 Å². The van der Waals surface area contributed by atoms with Crippen molar-refractivity contribution in [3.63, 3.8) is 0 Å². The van der Waals surface area contributed by atoms with Gasteiger partial charge in [-0.15, -0.1) is 0 Å². The SMILES string of the molecule is COc1ccc(N2CCC(O)(CN3CCOCC(O)(COc4cc(C)cc(C)c4C)C3)CC2)cc1. The minimum atomic E-state index is -1.14. The van der Waals surface area contributed by atoms with Gasteiger partial charge in [-0.25, -0.2) is 0 Å². The number of anilines is 1. The maximum atomic E-state index is 11.4. The minimum Gasteiger partial charge on any atom is -0.497 e. The summed E-state index contributed by atoms with van der Waals surface area (Å²) in [5, 5.41) is 22.8. The van der Waals surface area contributed by atoms with E-state index >= 15 is 0 Å². The van der Waals surface area contributed by atoms with Crippen LogP contribution in [0.15, 0.2) is 36.4 Å². The van der Waals surface area contributed by atoms with Gasteiger partial charge in [-0.05, 0) is 80.6 Å². The predicted molar refractivity (Wildman–Crippen MR) is 138 cm³/mol. The van der Waals surface area contributed by atoms with Crippen LogP contribution >= 0.6 is 0 Å². The van der Waals surface area contributed by atoms with Crippen molar-refractivity contribution in [1.29, 1.82) is 0 Å². The van der Waals surface area contributed by atoms with E-state index in [9.17, 15) is 10.2 Å². The van der Waals surface area contributed by atoms with Gasteiger partial charge in [0, 0.05) is 38.4 Å². The molecule has 2 saturated heterocycles. The highest BCUT2D eigenvalue weighted by molar-refractivity contribution is 5.49. The van der Waals surface area contributed by atoms with E-state index in [0.29, 0.717) is 39.1 Å². The van der Waals surface area contributed by atoms with Crippen LogP contribution in [0.25, 0.3) is 0 Å². The van der Waals surface area contributed by atoms with Gasteiger partial charge in [0.1, 0.15) is 23.7 Å². The third-order valence-corrected chi connectivity index (χ3v) is 7.35. The molecule has 0 spiro atoms. The molecule has 0 aliphatic carbocycles. The van der Waals surface area contributed by atoms with Gasteiger partial charge in [-0.1, -0.05) is 6.07 Å². The summed E-state index contributed by atoms with van der Waals surface area (Å²) in [5.41, 5.74) is 2.61. The van der Waals surface area contributed by atoms with Crippen molar-refractivity contribution in [2.24, 2.45) is 0 Å². The summed E-state index contributed by atoms with van der Waals surface area (Å²) in [6.45, 7) is 10.2. The van der Waals surface area contributed by atoms with E-state index in [4.69, 9.17) is 14.2 Å². The Morgan fingerprint density at radius 1 is 0.971 bits per heavy atom. The fraction of sp³-hybridized carbons (Fsp3) is 0.571. The Bertz CT molecular complexity index is 988. The molecular weight excluding hydrogens is 444 g/mol. The van der Waals surface area contributed by atoms with Crippen LogP contribution in [0.1, 0.15) is 29.5 Å². The maximum absolute atomic E-state index is 11.4. The number of β-amino-alcohol motifs (C(OH)–C–C–N with tert-alkyl or cyclic N) is 2. The van der Waals surface area contributed by atoms with Crippen molar-refractivity contribution in [3.05, 3.63) is 53.1 Å². The Morgan fingerprint density at radius 2 is 1.69 bits per heavy atom. The Balaban J connectivity index is 1.35. The number of nitrogens with zero attached hydrogens (tertiary/aromatic N) is 2. The number of piperidine rings is 1. The van der Waals surface area contributed by atoms with E-state index in [2.05, 4.69) is 34.9 Å². The number of hydrogen-bond donors (Lipinski definition) is 2. The molecular formula is C28H40N2O5. The summed E-state index contributed by atoms with van der Waals surface area (Å²) in [5.74, 6) is 1.64. The van der Waals surface area contributed by atoms with Crippen molar-refractivity contribution in [2.75, 3.05) is 64.6 Å². The van der Waals surface area contributed by atoms with Crippen molar-refractivity contribution in [2.45, 2.75) is 44.8 Å². The van der Waals surface area contributed by atoms with Gasteiger partial charge in [0.15, 0.2) is 0 Å². The van der Waals surface area contributed by atoms with Crippen molar-refractivity contribution in [1.82, 2.24) is 4.90 Å². The van der Waals surface area contributed by atoms with E-state index in [1.54, 1.807) is 7.11 Å². The molecule has 2 heterocycles. The van der Waals surface area contributed by atoms with Gasteiger partial charge in [0.05, 0.1) is 25.9 Å². The Hall–Kier alpha value is -2.32. The Kier molecular flexibility index (Phi) is 7.91. The summed E-state index contributed by atoms with van der Waals surface area (Å²) in [6.07, 6.45) is 1.35. The van der Waals surface area contributed by atoms with Gasteiger partial charge in [-0.2, -0.15) is 0 Å². The van der Waals surface area contributed by atoms with E-state index < -0.39 is 11.2 Å². The lowest BCUT2D eigenvalue weighted by Crippen LogP contribution is -2.55. The molecule has 1 atom stereocenters. The molecule has 0 bridgehead atoms. The third kappa shape index (κ3) is 6.47. The Labute approximate surface area is 209 Å². The number of ether oxygens (including phenoxy) is 3.